The molecule has 0 aliphatic heterocycles. The molecule has 0 aliphatic carbocycles. The van der Waals surface area contributed by atoms with Crippen LogP contribution in [0.4, 0.5) is 0 Å². The molecule has 0 fully saturated rings. The zero-order valence-electron chi connectivity index (χ0n) is 27.9. The van der Waals surface area contributed by atoms with Crippen molar-refractivity contribution < 1.29 is 9.47 Å². The molecule has 0 unspecified atom stereocenters. The van der Waals surface area contributed by atoms with Crippen LogP contribution in [-0.2, 0) is 22.7 Å². The average Bonchev–Trinajstić information content (AvgIpc) is 3.00. The van der Waals surface area contributed by atoms with Crippen LogP contribution in [0.2, 0.25) is 0 Å². The highest BCUT2D eigenvalue weighted by Gasteiger charge is 2.05. The van der Waals surface area contributed by atoms with Crippen LogP contribution < -0.4 is 0 Å². The highest BCUT2D eigenvalue weighted by atomic mass is 16.5. The number of rotatable bonds is 27. The number of ether oxygens (including phenoxy) is 2. The Morgan fingerprint density at radius 2 is 0.833 bits per heavy atom. The smallest absolute Gasteiger partial charge is 0.0992 e. The minimum atomic E-state index is 0.642. The summed E-state index contributed by atoms with van der Waals surface area (Å²) in [5.74, 6) is 0. The van der Waals surface area contributed by atoms with Crippen LogP contribution in [0.25, 0.3) is 11.1 Å². The average molecular weight is 581 g/mol. The van der Waals surface area contributed by atoms with Crippen molar-refractivity contribution in [2.75, 3.05) is 40.6 Å². The van der Waals surface area contributed by atoms with E-state index in [9.17, 15) is 0 Å². The second-order valence-corrected chi connectivity index (χ2v) is 12.5. The molecule has 0 amide bonds. The number of benzene rings is 2. The van der Waals surface area contributed by atoms with Crippen molar-refractivity contribution in [3.63, 3.8) is 0 Å². The van der Waals surface area contributed by atoms with E-state index in [2.05, 4.69) is 86.3 Å². The van der Waals surface area contributed by atoms with Crippen LogP contribution in [0.3, 0.4) is 0 Å². The van der Waals surface area contributed by atoms with E-state index in [1.165, 1.54) is 125 Å². The third-order valence-corrected chi connectivity index (χ3v) is 8.13. The highest BCUT2D eigenvalue weighted by molar-refractivity contribution is 5.64. The van der Waals surface area contributed by atoms with E-state index in [1.54, 1.807) is 0 Å². The number of hydrogen-bond acceptors (Lipinski definition) is 4. The Labute approximate surface area is 260 Å². The van der Waals surface area contributed by atoms with Gasteiger partial charge in [-0.2, -0.15) is 0 Å². The molecule has 238 valence electrons. The summed E-state index contributed by atoms with van der Waals surface area (Å²) in [7, 11) is 4.33. The van der Waals surface area contributed by atoms with Gasteiger partial charge in [0.1, 0.15) is 0 Å². The topological polar surface area (TPSA) is 24.9 Å². The summed E-state index contributed by atoms with van der Waals surface area (Å²) < 4.78 is 12.1. The van der Waals surface area contributed by atoms with E-state index in [1.807, 2.05) is 0 Å². The molecule has 0 aromatic heterocycles. The predicted molar refractivity (Wildman–Crippen MR) is 182 cm³/mol. The van der Waals surface area contributed by atoms with Gasteiger partial charge in [-0.3, -0.25) is 9.80 Å². The van der Waals surface area contributed by atoms with Crippen molar-refractivity contribution in [1.82, 2.24) is 9.80 Å². The molecular weight excluding hydrogens is 516 g/mol. The fourth-order valence-corrected chi connectivity index (χ4v) is 5.48. The van der Waals surface area contributed by atoms with Crippen molar-refractivity contribution >= 4 is 0 Å². The van der Waals surface area contributed by atoms with Gasteiger partial charge in [0.05, 0.1) is 26.7 Å². The summed E-state index contributed by atoms with van der Waals surface area (Å²) in [6.07, 6.45) is 21.8. The lowest BCUT2D eigenvalue weighted by molar-refractivity contribution is 0.0315. The molecule has 0 saturated carbocycles. The molecule has 2 aromatic carbocycles. The molecule has 0 bridgehead atoms. The Hall–Kier alpha value is -1.72. The number of unbranched alkanes of at least 4 members (excludes halogenated alkanes) is 14. The van der Waals surface area contributed by atoms with Crippen LogP contribution in [0.5, 0.6) is 0 Å². The second kappa shape index (κ2) is 24.7. The van der Waals surface area contributed by atoms with Crippen molar-refractivity contribution in [2.45, 2.75) is 130 Å². The lowest BCUT2D eigenvalue weighted by Crippen LogP contribution is -2.22. The van der Waals surface area contributed by atoms with Gasteiger partial charge in [0.25, 0.3) is 0 Å². The van der Waals surface area contributed by atoms with Crippen LogP contribution in [0.15, 0.2) is 48.5 Å². The first kappa shape index (κ1) is 36.5. The monoisotopic (exact) mass is 580 g/mol. The van der Waals surface area contributed by atoms with Gasteiger partial charge in [-0.15, -0.1) is 0 Å². The molecule has 2 aromatic rings. The number of nitrogens with zero attached hydrogens (tertiary/aromatic N) is 2. The van der Waals surface area contributed by atoms with E-state index in [-0.39, 0.29) is 0 Å². The second-order valence-electron chi connectivity index (χ2n) is 12.5. The van der Waals surface area contributed by atoms with Gasteiger partial charge in [0.2, 0.25) is 0 Å². The van der Waals surface area contributed by atoms with Crippen molar-refractivity contribution in [3.8, 4) is 11.1 Å². The predicted octanol–water partition coefficient (Wildman–Crippen LogP) is 10.4. The standard InChI is InChI=1S/C38H64N2O2/c1-5-7-9-11-13-15-17-19-27-39(3)33-41-31-35-23-21-25-37(29-35)38-26-22-24-36(30-38)32-42-34-40(4)28-20-18-16-14-12-10-8-6-2/h21-26,29-30H,5-20,27-28,31-34H2,1-4H3. The Bertz CT molecular complexity index is 829. The third kappa shape index (κ3) is 18.1. The maximum absolute atomic E-state index is 6.06. The molecule has 0 heterocycles. The summed E-state index contributed by atoms with van der Waals surface area (Å²) in [4.78, 5) is 4.61. The fraction of sp³-hybridized carbons (Fsp3) is 0.684. The summed E-state index contributed by atoms with van der Waals surface area (Å²) >= 11 is 0. The number of hydrogen-bond donors (Lipinski definition) is 0. The summed E-state index contributed by atoms with van der Waals surface area (Å²) in [6, 6.07) is 17.5. The van der Waals surface area contributed by atoms with Gasteiger partial charge >= 0.3 is 0 Å². The first-order valence-corrected chi connectivity index (χ1v) is 17.3. The largest absolute Gasteiger partial charge is 0.361 e. The van der Waals surface area contributed by atoms with E-state index in [0.717, 1.165) is 13.1 Å². The van der Waals surface area contributed by atoms with Gasteiger partial charge in [0, 0.05) is 0 Å². The van der Waals surface area contributed by atoms with Gasteiger partial charge in [-0.05, 0) is 74.4 Å². The molecule has 4 nitrogen and oxygen atoms in total. The molecule has 0 saturated heterocycles. The van der Waals surface area contributed by atoms with Gasteiger partial charge in [-0.1, -0.05) is 140 Å². The highest BCUT2D eigenvalue weighted by Crippen LogP contribution is 2.22. The zero-order valence-corrected chi connectivity index (χ0v) is 27.9. The normalized spacial score (nSPS) is 11.7. The molecule has 0 spiro atoms. The van der Waals surface area contributed by atoms with Crippen molar-refractivity contribution in [3.05, 3.63) is 59.7 Å². The van der Waals surface area contributed by atoms with E-state index in [0.29, 0.717) is 26.7 Å². The van der Waals surface area contributed by atoms with Gasteiger partial charge in [-0.25, -0.2) is 0 Å². The molecule has 0 N–H and O–H groups in total. The van der Waals surface area contributed by atoms with E-state index in [4.69, 9.17) is 9.47 Å². The Kier molecular flexibility index (Phi) is 21.4. The van der Waals surface area contributed by atoms with E-state index >= 15 is 0 Å². The lowest BCUT2D eigenvalue weighted by atomic mass is 10.0. The Balaban J connectivity index is 1.62. The van der Waals surface area contributed by atoms with Gasteiger partial charge in [0.15, 0.2) is 0 Å². The molecule has 0 aliphatic rings. The Morgan fingerprint density at radius 3 is 1.21 bits per heavy atom. The molecule has 42 heavy (non-hydrogen) atoms. The first-order valence-electron chi connectivity index (χ1n) is 17.3. The van der Waals surface area contributed by atoms with Crippen LogP contribution in [0, 0.1) is 0 Å². The van der Waals surface area contributed by atoms with Crippen molar-refractivity contribution in [2.24, 2.45) is 0 Å². The van der Waals surface area contributed by atoms with Crippen LogP contribution >= 0.6 is 0 Å². The third-order valence-electron chi connectivity index (χ3n) is 8.13. The van der Waals surface area contributed by atoms with Crippen LogP contribution in [0.1, 0.15) is 128 Å². The van der Waals surface area contributed by atoms with Gasteiger partial charge < -0.3 is 9.47 Å². The first-order chi connectivity index (χ1) is 20.6. The van der Waals surface area contributed by atoms with Crippen LogP contribution in [-0.4, -0.2) is 50.4 Å². The lowest BCUT2D eigenvalue weighted by Gasteiger charge is -2.17. The molecule has 0 radical (unpaired) electrons. The molecule has 0 atom stereocenters. The minimum absolute atomic E-state index is 0.642. The maximum atomic E-state index is 6.06. The summed E-state index contributed by atoms with van der Waals surface area (Å²) in [5.41, 5.74) is 4.91. The molecular formula is C38H64N2O2. The van der Waals surface area contributed by atoms with Crippen molar-refractivity contribution in [1.29, 1.82) is 0 Å². The summed E-state index contributed by atoms with van der Waals surface area (Å²) in [5, 5.41) is 0. The van der Waals surface area contributed by atoms with E-state index < -0.39 is 0 Å². The quantitative estimate of drug-likeness (QED) is 0.0775. The molecule has 2 rings (SSSR count). The SMILES string of the molecule is CCCCCCCCCCN(C)COCc1cccc(-c2cccc(COCN(C)CCCCCCCCCC)c2)c1. The fourth-order valence-electron chi connectivity index (χ4n) is 5.48. The molecule has 4 heteroatoms. The summed E-state index contributed by atoms with van der Waals surface area (Å²) in [6.45, 7) is 9.43. The Morgan fingerprint density at radius 1 is 0.476 bits per heavy atom. The maximum Gasteiger partial charge on any atom is 0.0992 e. The minimum Gasteiger partial charge on any atom is -0.361 e. The zero-order chi connectivity index (χ0) is 30.1.